The van der Waals surface area contributed by atoms with E-state index >= 15 is 0 Å². The van der Waals surface area contributed by atoms with Crippen molar-refractivity contribution in [2.24, 2.45) is 17.6 Å². The summed E-state index contributed by atoms with van der Waals surface area (Å²) >= 11 is 0. The van der Waals surface area contributed by atoms with Crippen LogP contribution in [0.15, 0.2) is 12.1 Å². The molecule has 0 spiro atoms. The highest BCUT2D eigenvalue weighted by Gasteiger charge is 2.38. The number of nitrogens with zero attached hydrogens (tertiary/aromatic N) is 1. The number of hydrogen-bond acceptors (Lipinski definition) is 2. The smallest absolute Gasteiger partial charge is 0.161 e. The quantitative estimate of drug-likeness (QED) is 0.846. The molecule has 3 unspecified atom stereocenters. The second kappa shape index (κ2) is 5.37. The molecule has 1 saturated heterocycles. The Kier molecular flexibility index (Phi) is 3.73. The molecule has 0 amide bonds. The van der Waals surface area contributed by atoms with Gasteiger partial charge in [0.25, 0.3) is 0 Å². The number of rotatable bonds is 2. The summed E-state index contributed by atoms with van der Waals surface area (Å²) in [6.45, 7) is 2.02. The van der Waals surface area contributed by atoms with Gasteiger partial charge in [0.1, 0.15) is 5.82 Å². The van der Waals surface area contributed by atoms with E-state index in [-0.39, 0.29) is 11.6 Å². The average molecular weight is 284 g/mol. The average Bonchev–Trinajstić information content (AvgIpc) is 2.80. The molecule has 2 aliphatic rings. The van der Waals surface area contributed by atoms with Crippen molar-refractivity contribution in [1.82, 2.24) is 4.90 Å². The number of hydrogen-bond donors (Lipinski definition) is 1. The minimum Gasteiger partial charge on any atom is -0.327 e. The molecule has 1 aliphatic heterocycles. The molecular formula is C15H19F3N2. The Morgan fingerprint density at radius 1 is 1.05 bits per heavy atom. The highest BCUT2D eigenvalue weighted by atomic mass is 19.2. The number of benzene rings is 1. The van der Waals surface area contributed by atoms with Crippen LogP contribution in [0.3, 0.4) is 0 Å². The normalized spacial score (nSPS) is 30.5. The van der Waals surface area contributed by atoms with Crippen LogP contribution in [-0.2, 0) is 6.54 Å². The van der Waals surface area contributed by atoms with Gasteiger partial charge in [0.2, 0.25) is 0 Å². The lowest BCUT2D eigenvalue weighted by Gasteiger charge is -2.29. The van der Waals surface area contributed by atoms with Crippen molar-refractivity contribution in [3.05, 3.63) is 35.1 Å². The monoisotopic (exact) mass is 284 g/mol. The first-order valence-corrected chi connectivity index (χ1v) is 7.16. The van der Waals surface area contributed by atoms with Crippen LogP contribution in [0.1, 0.15) is 24.8 Å². The van der Waals surface area contributed by atoms with E-state index in [0.717, 1.165) is 38.4 Å². The van der Waals surface area contributed by atoms with Gasteiger partial charge in [-0.3, -0.25) is 4.90 Å². The molecule has 3 rings (SSSR count). The highest BCUT2D eigenvalue weighted by Crippen LogP contribution is 2.36. The second-order valence-corrected chi connectivity index (χ2v) is 6.07. The molecule has 20 heavy (non-hydrogen) atoms. The van der Waals surface area contributed by atoms with Gasteiger partial charge in [-0.05, 0) is 30.7 Å². The van der Waals surface area contributed by atoms with E-state index in [9.17, 15) is 13.2 Å². The van der Waals surface area contributed by atoms with E-state index in [1.165, 1.54) is 0 Å². The van der Waals surface area contributed by atoms with Crippen molar-refractivity contribution in [3.63, 3.8) is 0 Å². The van der Waals surface area contributed by atoms with Gasteiger partial charge < -0.3 is 5.73 Å². The van der Waals surface area contributed by atoms with Crippen LogP contribution in [0, 0.1) is 29.3 Å². The number of halogens is 3. The summed E-state index contributed by atoms with van der Waals surface area (Å²) in [4.78, 5) is 2.11. The molecule has 0 radical (unpaired) electrons. The maximum absolute atomic E-state index is 13.7. The molecule has 0 aromatic heterocycles. The van der Waals surface area contributed by atoms with E-state index in [4.69, 9.17) is 5.73 Å². The summed E-state index contributed by atoms with van der Waals surface area (Å²) in [5.41, 5.74) is 6.36. The predicted molar refractivity (Wildman–Crippen MR) is 70.4 cm³/mol. The predicted octanol–water partition coefficient (Wildman–Crippen LogP) is 2.66. The third-order valence-corrected chi connectivity index (χ3v) is 4.71. The summed E-state index contributed by atoms with van der Waals surface area (Å²) < 4.78 is 39.8. The fourth-order valence-electron chi connectivity index (χ4n) is 3.66. The zero-order valence-electron chi connectivity index (χ0n) is 11.3. The van der Waals surface area contributed by atoms with Crippen LogP contribution in [0.5, 0.6) is 0 Å². The highest BCUT2D eigenvalue weighted by molar-refractivity contribution is 5.20. The van der Waals surface area contributed by atoms with Crippen molar-refractivity contribution in [3.8, 4) is 0 Å². The van der Waals surface area contributed by atoms with E-state index in [1.807, 2.05) is 0 Å². The van der Waals surface area contributed by atoms with Crippen LogP contribution in [-0.4, -0.2) is 24.0 Å². The summed E-state index contributed by atoms with van der Waals surface area (Å²) in [7, 11) is 0. The molecule has 1 aromatic rings. The molecule has 1 saturated carbocycles. The summed E-state index contributed by atoms with van der Waals surface area (Å²) in [5, 5.41) is 0. The first-order valence-electron chi connectivity index (χ1n) is 7.16. The molecular weight excluding hydrogens is 265 g/mol. The van der Waals surface area contributed by atoms with Crippen LogP contribution < -0.4 is 5.73 Å². The van der Waals surface area contributed by atoms with Gasteiger partial charge in [-0.25, -0.2) is 13.2 Å². The number of fused-ring (bicyclic) bond motifs is 1. The van der Waals surface area contributed by atoms with E-state index in [1.54, 1.807) is 0 Å². The lowest BCUT2D eigenvalue weighted by molar-refractivity contribution is 0.259. The van der Waals surface area contributed by atoms with Gasteiger partial charge in [-0.15, -0.1) is 0 Å². The zero-order valence-corrected chi connectivity index (χ0v) is 11.3. The van der Waals surface area contributed by atoms with Gasteiger partial charge in [-0.1, -0.05) is 6.42 Å². The van der Waals surface area contributed by atoms with Gasteiger partial charge in [0.05, 0.1) is 0 Å². The molecule has 1 heterocycles. The maximum atomic E-state index is 13.7. The minimum atomic E-state index is -1.14. The van der Waals surface area contributed by atoms with E-state index in [0.29, 0.717) is 24.4 Å². The van der Waals surface area contributed by atoms with Crippen molar-refractivity contribution < 1.29 is 13.2 Å². The molecule has 2 nitrogen and oxygen atoms in total. The Labute approximate surface area is 116 Å². The molecule has 3 atom stereocenters. The van der Waals surface area contributed by atoms with E-state index < -0.39 is 17.5 Å². The SMILES string of the molecule is NC1CCCC2CN(Cc3cc(F)c(F)cc3F)CC12. The van der Waals surface area contributed by atoms with Gasteiger partial charge in [-0.2, -0.15) is 0 Å². The van der Waals surface area contributed by atoms with Crippen molar-refractivity contribution in [2.75, 3.05) is 13.1 Å². The fourth-order valence-corrected chi connectivity index (χ4v) is 3.66. The first kappa shape index (κ1) is 13.9. The number of nitrogens with two attached hydrogens (primary N) is 1. The van der Waals surface area contributed by atoms with Crippen LogP contribution in [0.25, 0.3) is 0 Å². The summed E-state index contributed by atoms with van der Waals surface area (Å²) in [6.07, 6.45) is 3.36. The first-order chi connectivity index (χ1) is 9.54. The molecule has 5 heteroatoms. The van der Waals surface area contributed by atoms with E-state index in [2.05, 4.69) is 4.90 Å². The summed E-state index contributed by atoms with van der Waals surface area (Å²) in [5.74, 6) is -1.79. The lowest BCUT2D eigenvalue weighted by Crippen LogP contribution is -2.38. The van der Waals surface area contributed by atoms with Gasteiger partial charge in [0.15, 0.2) is 11.6 Å². The minimum absolute atomic E-state index is 0.216. The molecule has 2 N–H and O–H groups in total. The Hall–Kier alpha value is -1.07. The molecule has 110 valence electrons. The van der Waals surface area contributed by atoms with Crippen molar-refractivity contribution in [2.45, 2.75) is 31.8 Å². The fraction of sp³-hybridized carbons (Fsp3) is 0.600. The topological polar surface area (TPSA) is 29.3 Å². The standard InChI is InChI=1S/C15H19F3N2/c16-12-5-14(18)13(17)4-10(12)7-20-6-9-2-1-3-15(19)11(9)8-20/h4-5,9,11,15H,1-3,6-8,19H2. The molecule has 1 aromatic carbocycles. The zero-order chi connectivity index (χ0) is 14.3. The Bertz CT molecular complexity index is 506. The van der Waals surface area contributed by atoms with Crippen LogP contribution in [0.2, 0.25) is 0 Å². The van der Waals surface area contributed by atoms with Crippen molar-refractivity contribution in [1.29, 1.82) is 0 Å². The Morgan fingerprint density at radius 2 is 1.80 bits per heavy atom. The second-order valence-electron chi connectivity index (χ2n) is 6.07. The van der Waals surface area contributed by atoms with Crippen LogP contribution >= 0.6 is 0 Å². The van der Waals surface area contributed by atoms with Gasteiger partial charge in [0, 0.05) is 37.3 Å². The third kappa shape index (κ3) is 2.56. The Balaban J connectivity index is 1.72. The van der Waals surface area contributed by atoms with Crippen LogP contribution in [0.4, 0.5) is 13.2 Å². The Morgan fingerprint density at radius 3 is 2.55 bits per heavy atom. The molecule has 0 bridgehead atoms. The molecule has 1 aliphatic carbocycles. The number of likely N-dealkylation sites (tertiary alicyclic amines) is 1. The maximum Gasteiger partial charge on any atom is 0.161 e. The molecule has 2 fully saturated rings. The van der Waals surface area contributed by atoms with Gasteiger partial charge >= 0.3 is 0 Å². The summed E-state index contributed by atoms with van der Waals surface area (Å²) in [6, 6.07) is 1.81. The van der Waals surface area contributed by atoms with Crippen molar-refractivity contribution >= 4 is 0 Å². The largest absolute Gasteiger partial charge is 0.327 e. The lowest BCUT2D eigenvalue weighted by atomic mass is 9.78. The third-order valence-electron chi connectivity index (χ3n) is 4.71.